The van der Waals surface area contributed by atoms with Gasteiger partial charge in [-0.25, -0.2) is 4.39 Å². The predicted octanol–water partition coefficient (Wildman–Crippen LogP) is 3.19. The van der Waals surface area contributed by atoms with Crippen LogP contribution in [-0.4, -0.2) is 30.9 Å². The number of halogens is 1. The number of nitrogens with one attached hydrogen (secondary N) is 1. The Morgan fingerprint density at radius 3 is 2.95 bits per heavy atom. The summed E-state index contributed by atoms with van der Waals surface area (Å²) in [6, 6.07) is 7.03. The van der Waals surface area contributed by atoms with E-state index >= 15 is 0 Å². The quantitative estimate of drug-likeness (QED) is 0.713. The van der Waals surface area contributed by atoms with Gasteiger partial charge in [-0.15, -0.1) is 0 Å². The molecular formula is C16H23FN2O. The molecule has 0 radical (unpaired) electrons. The normalized spacial score (nSPS) is 11.3. The minimum absolute atomic E-state index is 0.154. The van der Waals surface area contributed by atoms with Gasteiger partial charge in [0.25, 0.3) is 0 Å². The first-order valence-corrected chi connectivity index (χ1v) is 7.34. The summed E-state index contributed by atoms with van der Waals surface area (Å²) >= 11 is 0. The highest BCUT2D eigenvalue weighted by molar-refractivity contribution is 5.80. The molecule has 0 atom stereocenters. The molecule has 0 aliphatic rings. The molecule has 0 bridgehead atoms. The number of unbranched alkanes of at least 4 members (excludes halogenated alkanes) is 1. The number of nitrogens with zero attached hydrogens (tertiary/aromatic N) is 1. The van der Waals surface area contributed by atoms with Crippen LogP contribution in [0.4, 0.5) is 4.39 Å². The van der Waals surface area contributed by atoms with Crippen molar-refractivity contribution in [3.05, 3.63) is 36.3 Å². The van der Waals surface area contributed by atoms with Crippen LogP contribution in [0, 0.1) is 5.82 Å². The van der Waals surface area contributed by atoms with E-state index in [4.69, 9.17) is 4.74 Å². The first kappa shape index (κ1) is 15.0. The molecule has 0 aliphatic carbocycles. The van der Waals surface area contributed by atoms with Crippen molar-refractivity contribution in [1.82, 2.24) is 9.88 Å². The van der Waals surface area contributed by atoms with Gasteiger partial charge in [-0.3, -0.25) is 0 Å². The summed E-state index contributed by atoms with van der Waals surface area (Å²) in [5.41, 5.74) is 0.950. The Labute approximate surface area is 119 Å². The molecule has 1 aromatic carbocycles. The lowest BCUT2D eigenvalue weighted by Crippen LogP contribution is -2.24. The van der Waals surface area contributed by atoms with Gasteiger partial charge < -0.3 is 14.6 Å². The smallest absolute Gasteiger partial charge is 0.132 e. The van der Waals surface area contributed by atoms with E-state index in [2.05, 4.69) is 16.8 Å². The zero-order valence-electron chi connectivity index (χ0n) is 12.1. The molecule has 0 fully saturated rings. The molecule has 0 aliphatic heterocycles. The van der Waals surface area contributed by atoms with E-state index in [1.165, 1.54) is 12.5 Å². The van der Waals surface area contributed by atoms with Crippen LogP contribution < -0.4 is 5.32 Å². The van der Waals surface area contributed by atoms with E-state index in [1.54, 1.807) is 6.07 Å². The van der Waals surface area contributed by atoms with Gasteiger partial charge in [-0.05, 0) is 24.6 Å². The van der Waals surface area contributed by atoms with Crippen LogP contribution >= 0.6 is 0 Å². The van der Waals surface area contributed by atoms with Gasteiger partial charge in [0.2, 0.25) is 0 Å². The van der Waals surface area contributed by atoms with Gasteiger partial charge in [-0.1, -0.05) is 19.4 Å². The Morgan fingerprint density at radius 2 is 2.10 bits per heavy atom. The molecule has 0 spiro atoms. The molecule has 2 aromatic rings. The first-order valence-electron chi connectivity index (χ1n) is 7.34. The molecule has 0 saturated carbocycles. The van der Waals surface area contributed by atoms with E-state index in [0.29, 0.717) is 5.39 Å². The maximum absolute atomic E-state index is 13.5. The van der Waals surface area contributed by atoms with Crippen molar-refractivity contribution >= 4 is 10.9 Å². The lowest BCUT2D eigenvalue weighted by Gasteiger charge is -2.08. The van der Waals surface area contributed by atoms with Crippen LogP contribution in [0.5, 0.6) is 0 Å². The van der Waals surface area contributed by atoms with Gasteiger partial charge in [0, 0.05) is 37.8 Å². The maximum atomic E-state index is 13.5. The Morgan fingerprint density at radius 1 is 1.20 bits per heavy atom. The minimum atomic E-state index is -0.154. The van der Waals surface area contributed by atoms with Crippen molar-refractivity contribution in [2.75, 3.05) is 26.3 Å². The van der Waals surface area contributed by atoms with Crippen molar-refractivity contribution in [1.29, 1.82) is 0 Å². The average molecular weight is 278 g/mol. The number of hydrogen-bond donors (Lipinski definition) is 1. The van der Waals surface area contributed by atoms with Gasteiger partial charge in [0.15, 0.2) is 0 Å². The predicted molar refractivity (Wildman–Crippen MR) is 80.5 cm³/mol. The maximum Gasteiger partial charge on any atom is 0.132 e. The second-order valence-electron chi connectivity index (χ2n) is 4.90. The summed E-state index contributed by atoms with van der Waals surface area (Å²) in [7, 11) is 0. The van der Waals surface area contributed by atoms with Gasteiger partial charge in [0.1, 0.15) is 5.82 Å². The molecule has 0 unspecified atom stereocenters. The molecule has 3 nitrogen and oxygen atoms in total. The third kappa shape index (κ3) is 4.05. The van der Waals surface area contributed by atoms with E-state index < -0.39 is 0 Å². The van der Waals surface area contributed by atoms with Crippen molar-refractivity contribution < 1.29 is 9.13 Å². The number of rotatable bonds is 9. The van der Waals surface area contributed by atoms with Gasteiger partial charge >= 0.3 is 0 Å². The Balaban J connectivity index is 1.70. The lowest BCUT2D eigenvalue weighted by atomic mass is 10.2. The van der Waals surface area contributed by atoms with Crippen LogP contribution in [0.25, 0.3) is 10.9 Å². The van der Waals surface area contributed by atoms with E-state index in [0.717, 1.165) is 44.8 Å². The Kier molecular flexibility index (Phi) is 6.02. The Bertz CT molecular complexity index is 524. The number of aromatic nitrogens is 1. The number of fused-ring (bicyclic) bond motifs is 1. The minimum Gasteiger partial charge on any atom is -0.380 e. The van der Waals surface area contributed by atoms with Crippen molar-refractivity contribution in [3.63, 3.8) is 0 Å². The number of hydrogen-bond acceptors (Lipinski definition) is 2. The van der Waals surface area contributed by atoms with E-state index in [1.807, 2.05) is 18.3 Å². The van der Waals surface area contributed by atoms with Crippen molar-refractivity contribution in [2.24, 2.45) is 0 Å². The molecule has 1 aromatic heterocycles. The molecule has 2 rings (SSSR count). The number of ether oxygens (including phenoxy) is 1. The zero-order chi connectivity index (χ0) is 14.2. The van der Waals surface area contributed by atoms with Crippen LogP contribution in [-0.2, 0) is 11.3 Å². The topological polar surface area (TPSA) is 26.2 Å². The molecule has 1 heterocycles. The zero-order valence-corrected chi connectivity index (χ0v) is 12.1. The average Bonchev–Trinajstić information content (AvgIpc) is 2.87. The third-order valence-electron chi connectivity index (χ3n) is 3.36. The largest absolute Gasteiger partial charge is 0.380 e. The molecule has 0 amide bonds. The summed E-state index contributed by atoms with van der Waals surface area (Å²) in [5.74, 6) is -0.154. The van der Waals surface area contributed by atoms with E-state index in [9.17, 15) is 4.39 Å². The van der Waals surface area contributed by atoms with Gasteiger partial charge in [-0.2, -0.15) is 0 Å². The van der Waals surface area contributed by atoms with E-state index in [-0.39, 0.29) is 5.82 Å². The molecular weight excluding hydrogens is 255 g/mol. The van der Waals surface area contributed by atoms with Crippen molar-refractivity contribution in [3.8, 4) is 0 Å². The molecule has 1 N–H and O–H groups in total. The van der Waals surface area contributed by atoms with Crippen LogP contribution in [0.15, 0.2) is 30.5 Å². The van der Waals surface area contributed by atoms with Crippen molar-refractivity contribution in [2.45, 2.75) is 26.3 Å². The highest BCUT2D eigenvalue weighted by Gasteiger charge is 2.04. The second-order valence-corrected chi connectivity index (χ2v) is 4.90. The second kappa shape index (κ2) is 8.02. The SMILES string of the molecule is CCCCOCCNCCn1ccc2c(F)cccc21. The fourth-order valence-corrected chi connectivity index (χ4v) is 2.20. The van der Waals surface area contributed by atoms with Gasteiger partial charge in [0.05, 0.1) is 12.1 Å². The summed E-state index contributed by atoms with van der Waals surface area (Å²) in [5, 5.41) is 4.03. The monoisotopic (exact) mass is 278 g/mol. The third-order valence-corrected chi connectivity index (χ3v) is 3.36. The fraction of sp³-hybridized carbons (Fsp3) is 0.500. The summed E-state index contributed by atoms with van der Waals surface area (Å²) in [6.07, 6.45) is 4.23. The summed E-state index contributed by atoms with van der Waals surface area (Å²) in [4.78, 5) is 0. The van der Waals surface area contributed by atoms with Crippen LogP contribution in [0.3, 0.4) is 0 Å². The molecule has 110 valence electrons. The molecule has 0 saturated heterocycles. The standard InChI is InChI=1S/C16H23FN2O/c1-2-3-12-20-13-9-18-8-11-19-10-7-14-15(17)5-4-6-16(14)19/h4-7,10,18H,2-3,8-9,11-13H2,1H3. The summed E-state index contributed by atoms with van der Waals surface area (Å²) < 4.78 is 21.1. The van der Waals surface area contributed by atoms with Crippen LogP contribution in [0.2, 0.25) is 0 Å². The van der Waals surface area contributed by atoms with Crippen LogP contribution in [0.1, 0.15) is 19.8 Å². The number of benzene rings is 1. The molecule has 20 heavy (non-hydrogen) atoms. The lowest BCUT2D eigenvalue weighted by molar-refractivity contribution is 0.133. The highest BCUT2D eigenvalue weighted by Crippen LogP contribution is 2.18. The highest BCUT2D eigenvalue weighted by atomic mass is 19.1. The summed E-state index contributed by atoms with van der Waals surface area (Å²) in [6.45, 7) is 6.31. The fourth-order valence-electron chi connectivity index (χ4n) is 2.20. The first-order chi connectivity index (χ1) is 9.83. The Hall–Kier alpha value is -1.39. The molecule has 4 heteroatoms.